The number of para-hydroxylation sites is 1. The molecule has 2 aromatic rings. The molecular weight excluding hydrogens is 254 g/mol. The molecular formula is C16H15NO3. The summed E-state index contributed by atoms with van der Waals surface area (Å²) in [5.74, 6) is -0.865. The molecule has 0 fully saturated rings. The van der Waals surface area contributed by atoms with Crippen molar-refractivity contribution >= 4 is 11.7 Å². The zero-order valence-corrected chi connectivity index (χ0v) is 11.1. The molecule has 20 heavy (non-hydrogen) atoms. The van der Waals surface area contributed by atoms with Gasteiger partial charge in [0, 0.05) is 19.0 Å². The standard InChI is InChI=1S/C16H15NO3/c1-11(18)16(20)17-10-12-6-8-13(9-7-12)14-4-2-3-5-15(14)19/h2-9,19H,10H2,1H3,(H,17,20). The molecule has 102 valence electrons. The van der Waals surface area contributed by atoms with Crippen molar-refractivity contribution in [1.29, 1.82) is 0 Å². The molecule has 0 saturated carbocycles. The molecule has 0 saturated heterocycles. The lowest BCUT2D eigenvalue weighted by molar-refractivity contribution is -0.136. The number of amides is 1. The van der Waals surface area contributed by atoms with Crippen LogP contribution in [-0.2, 0) is 16.1 Å². The maximum absolute atomic E-state index is 11.2. The van der Waals surface area contributed by atoms with Gasteiger partial charge in [0.2, 0.25) is 5.78 Å². The van der Waals surface area contributed by atoms with Crippen LogP contribution in [0.4, 0.5) is 0 Å². The highest BCUT2D eigenvalue weighted by molar-refractivity contribution is 6.35. The van der Waals surface area contributed by atoms with Crippen LogP contribution in [0.15, 0.2) is 48.5 Å². The Morgan fingerprint density at radius 1 is 1.05 bits per heavy atom. The number of phenolic OH excluding ortho intramolecular Hbond substituents is 1. The Hall–Kier alpha value is -2.62. The van der Waals surface area contributed by atoms with Gasteiger partial charge >= 0.3 is 0 Å². The van der Waals surface area contributed by atoms with E-state index in [9.17, 15) is 14.7 Å². The van der Waals surface area contributed by atoms with Crippen LogP contribution in [0.1, 0.15) is 12.5 Å². The Morgan fingerprint density at radius 3 is 2.30 bits per heavy atom. The first kappa shape index (κ1) is 13.8. The summed E-state index contributed by atoms with van der Waals surface area (Å²) in [6.45, 7) is 1.54. The van der Waals surface area contributed by atoms with Crippen molar-refractivity contribution in [2.24, 2.45) is 0 Å². The van der Waals surface area contributed by atoms with Gasteiger partial charge in [-0.15, -0.1) is 0 Å². The summed E-state index contributed by atoms with van der Waals surface area (Å²) in [6.07, 6.45) is 0. The predicted molar refractivity (Wildman–Crippen MR) is 76.1 cm³/mol. The van der Waals surface area contributed by atoms with Gasteiger partial charge in [-0.3, -0.25) is 9.59 Å². The highest BCUT2D eigenvalue weighted by Gasteiger charge is 2.07. The van der Waals surface area contributed by atoms with E-state index in [2.05, 4.69) is 5.32 Å². The number of nitrogens with one attached hydrogen (secondary N) is 1. The van der Waals surface area contributed by atoms with Gasteiger partial charge in [-0.1, -0.05) is 42.5 Å². The lowest BCUT2D eigenvalue weighted by Gasteiger charge is -2.07. The Bertz CT molecular complexity index is 632. The number of Topliss-reactive ketones (excluding diaryl/α,β-unsaturated/α-hetero) is 1. The average Bonchev–Trinajstić information content (AvgIpc) is 2.46. The molecule has 0 aliphatic heterocycles. The molecule has 0 heterocycles. The van der Waals surface area contributed by atoms with Crippen LogP contribution in [0.2, 0.25) is 0 Å². The zero-order chi connectivity index (χ0) is 14.5. The number of ketones is 1. The summed E-state index contributed by atoms with van der Waals surface area (Å²) in [5.41, 5.74) is 2.54. The van der Waals surface area contributed by atoms with E-state index < -0.39 is 11.7 Å². The number of carbonyl (C=O) groups is 2. The van der Waals surface area contributed by atoms with E-state index in [0.717, 1.165) is 16.7 Å². The normalized spacial score (nSPS) is 10.1. The first-order valence-corrected chi connectivity index (χ1v) is 6.24. The van der Waals surface area contributed by atoms with Crippen LogP contribution in [0, 0.1) is 0 Å². The summed E-state index contributed by atoms with van der Waals surface area (Å²) in [5, 5.41) is 12.3. The fourth-order valence-electron chi connectivity index (χ4n) is 1.83. The Labute approximate surface area is 117 Å². The second kappa shape index (κ2) is 6.02. The quantitative estimate of drug-likeness (QED) is 0.837. The van der Waals surface area contributed by atoms with Gasteiger partial charge in [-0.05, 0) is 17.2 Å². The van der Waals surface area contributed by atoms with Gasteiger partial charge in [0.05, 0.1) is 0 Å². The number of phenols is 1. The monoisotopic (exact) mass is 269 g/mol. The summed E-state index contributed by atoms with van der Waals surface area (Å²) >= 11 is 0. The fraction of sp³-hybridized carbons (Fsp3) is 0.125. The maximum Gasteiger partial charge on any atom is 0.287 e. The third-order valence-electron chi connectivity index (χ3n) is 2.94. The van der Waals surface area contributed by atoms with Gasteiger partial charge in [0.1, 0.15) is 5.75 Å². The number of aromatic hydroxyl groups is 1. The number of rotatable bonds is 4. The molecule has 2 N–H and O–H groups in total. The first-order chi connectivity index (χ1) is 9.58. The van der Waals surface area contributed by atoms with Gasteiger partial charge in [0.15, 0.2) is 0 Å². The van der Waals surface area contributed by atoms with Gasteiger partial charge in [-0.2, -0.15) is 0 Å². The van der Waals surface area contributed by atoms with Crippen molar-refractivity contribution in [2.45, 2.75) is 13.5 Å². The van der Waals surface area contributed by atoms with Crippen molar-refractivity contribution in [3.63, 3.8) is 0 Å². The van der Waals surface area contributed by atoms with Crippen molar-refractivity contribution in [3.05, 3.63) is 54.1 Å². The Kier molecular flexibility index (Phi) is 4.15. The van der Waals surface area contributed by atoms with Crippen LogP contribution >= 0.6 is 0 Å². The average molecular weight is 269 g/mol. The smallest absolute Gasteiger partial charge is 0.287 e. The van der Waals surface area contributed by atoms with Gasteiger partial charge in [-0.25, -0.2) is 0 Å². The third kappa shape index (κ3) is 3.23. The Balaban J connectivity index is 2.09. The van der Waals surface area contributed by atoms with Crippen LogP contribution in [-0.4, -0.2) is 16.8 Å². The SMILES string of the molecule is CC(=O)C(=O)NCc1ccc(-c2ccccc2O)cc1. The predicted octanol–water partition coefficient (Wildman–Crippen LogP) is 2.26. The van der Waals surface area contributed by atoms with E-state index in [0.29, 0.717) is 6.54 Å². The maximum atomic E-state index is 11.2. The lowest BCUT2D eigenvalue weighted by atomic mass is 10.0. The topological polar surface area (TPSA) is 66.4 Å². The number of hydrogen-bond donors (Lipinski definition) is 2. The molecule has 4 heteroatoms. The molecule has 0 aliphatic rings. The molecule has 2 aromatic carbocycles. The van der Waals surface area contributed by atoms with Gasteiger partial charge in [0.25, 0.3) is 5.91 Å². The minimum atomic E-state index is -0.588. The van der Waals surface area contributed by atoms with Crippen molar-refractivity contribution in [2.75, 3.05) is 0 Å². The number of carbonyl (C=O) groups excluding carboxylic acids is 2. The van der Waals surface area contributed by atoms with E-state index in [1.54, 1.807) is 12.1 Å². The number of benzene rings is 2. The minimum Gasteiger partial charge on any atom is -0.507 e. The van der Waals surface area contributed by atoms with Crippen LogP contribution < -0.4 is 5.32 Å². The highest BCUT2D eigenvalue weighted by Crippen LogP contribution is 2.28. The van der Waals surface area contributed by atoms with E-state index in [1.807, 2.05) is 36.4 Å². The van der Waals surface area contributed by atoms with Crippen LogP contribution in [0.25, 0.3) is 11.1 Å². The fourth-order valence-corrected chi connectivity index (χ4v) is 1.83. The Morgan fingerprint density at radius 2 is 1.70 bits per heavy atom. The third-order valence-corrected chi connectivity index (χ3v) is 2.94. The summed E-state index contributed by atoms with van der Waals surface area (Å²) in [7, 11) is 0. The van der Waals surface area contributed by atoms with Crippen molar-refractivity contribution in [3.8, 4) is 16.9 Å². The molecule has 0 bridgehead atoms. The first-order valence-electron chi connectivity index (χ1n) is 6.24. The molecule has 2 rings (SSSR count). The summed E-state index contributed by atoms with van der Waals surface area (Å²) in [4.78, 5) is 22.0. The molecule has 0 aliphatic carbocycles. The minimum absolute atomic E-state index is 0.227. The molecule has 0 aromatic heterocycles. The van der Waals surface area contributed by atoms with Gasteiger partial charge < -0.3 is 10.4 Å². The highest BCUT2D eigenvalue weighted by atomic mass is 16.3. The largest absolute Gasteiger partial charge is 0.507 e. The molecule has 0 spiro atoms. The lowest BCUT2D eigenvalue weighted by Crippen LogP contribution is -2.28. The van der Waals surface area contributed by atoms with E-state index >= 15 is 0 Å². The van der Waals surface area contributed by atoms with Crippen LogP contribution in [0.3, 0.4) is 0 Å². The second-order valence-electron chi connectivity index (χ2n) is 4.45. The van der Waals surface area contributed by atoms with E-state index in [-0.39, 0.29) is 5.75 Å². The van der Waals surface area contributed by atoms with Crippen molar-refractivity contribution < 1.29 is 14.7 Å². The molecule has 4 nitrogen and oxygen atoms in total. The molecule has 0 radical (unpaired) electrons. The summed E-state index contributed by atoms with van der Waals surface area (Å²) < 4.78 is 0. The zero-order valence-electron chi connectivity index (χ0n) is 11.1. The molecule has 0 atom stereocenters. The summed E-state index contributed by atoms with van der Waals surface area (Å²) in [6, 6.07) is 14.5. The van der Waals surface area contributed by atoms with E-state index in [4.69, 9.17) is 0 Å². The van der Waals surface area contributed by atoms with Crippen LogP contribution in [0.5, 0.6) is 5.75 Å². The molecule has 0 unspecified atom stereocenters. The number of hydrogen-bond acceptors (Lipinski definition) is 3. The molecule has 1 amide bonds. The van der Waals surface area contributed by atoms with E-state index in [1.165, 1.54) is 6.92 Å². The second-order valence-corrected chi connectivity index (χ2v) is 4.45. The van der Waals surface area contributed by atoms with Crippen molar-refractivity contribution in [1.82, 2.24) is 5.32 Å².